The number of nitrogens with zero attached hydrogens (tertiary/aromatic N) is 2. The summed E-state index contributed by atoms with van der Waals surface area (Å²) >= 11 is 0. The minimum Gasteiger partial charge on any atom is -0.344 e. The van der Waals surface area contributed by atoms with Gasteiger partial charge in [0, 0.05) is 45.9 Å². The number of para-hydroxylation sites is 2. The lowest BCUT2D eigenvalue weighted by atomic mass is 10.0. The largest absolute Gasteiger partial charge is 0.344 e. The number of hydrogen-bond donors (Lipinski definition) is 0. The summed E-state index contributed by atoms with van der Waals surface area (Å²) in [5.41, 5.74) is 9.68. The van der Waals surface area contributed by atoms with E-state index < -0.39 is 0 Å². The zero-order valence-corrected chi connectivity index (χ0v) is 19.4. The average molecular weight is 439 g/mol. The van der Waals surface area contributed by atoms with Crippen LogP contribution in [0.25, 0.3) is 32.9 Å². The molecule has 5 aromatic carbocycles. The minimum absolute atomic E-state index is 1.14. The van der Waals surface area contributed by atoms with Crippen LogP contribution in [0.4, 0.5) is 17.1 Å². The molecule has 0 unspecified atom stereocenters. The molecule has 0 fully saturated rings. The Hall–Kier alpha value is -4.30. The summed E-state index contributed by atoms with van der Waals surface area (Å²) in [4.78, 5) is 2.30. The first kappa shape index (κ1) is 20.3. The first-order valence-electron chi connectivity index (χ1n) is 11.7. The smallest absolute Gasteiger partial charge is 0.0489 e. The first-order valence-corrected chi connectivity index (χ1v) is 11.7. The second-order valence-electron chi connectivity index (χ2n) is 8.86. The number of aryl methyl sites for hydroxylation is 2. The monoisotopic (exact) mass is 438 g/mol. The van der Waals surface area contributed by atoms with Crippen LogP contribution in [0.2, 0.25) is 0 Å². The molecular formula is C32H26N2. The summed E-state index contributed by atoms with van der Waals surface area (Å²) in [6, 6.07) is 43.5. The molecule has 6 aromatic rings. The van der Waals surface area contributed by atoms with E-state index in [9.17, 15) is 0 Å². The molecule has 0 bridgehead atoms. The van der Waals surface area contributed by atoms with Gasteiger partial charge >= 0.3 is 0 Å². The zero-order chi connectivity index (χ0) is 23.1. The third-order valence-electron chi connectivity index (χ3n) is 6.68. The molecule has 1 aromatic heterocycles. The molecule has 0 saturated carbocycles. The van der Waals surface area contributed by atoms with Crippen molar-refractivity contribution >= 4 is 38.9 Å². The second kappa shape index (κ2) is 8.24. The lowest BCUT2D eigenvalue weighted by molar-refractivity contribution is 1.01. The van der Waals surface area contributed by atoms with Crippen LogP contribution in [0.1, 0.15) is 5.56 Å². The van der Waals surface area contributed by atoms with Gasteiger partial charge in [-0.1, -0.05) is 72.3 Å². The van der Waals surface area contributed by atoms with E-state index in [1.165, 1.54) is 38.5 Å². The molecule has 1 heterocycles. The number of fused-ring (bicyclic) bond motifs is 3. The lowest BCUT2D eigenvalue weighted by Gasteiger charge is -2.25. The van der Waals surface area contributed by atoms with Crippen LogP contribution >= 0.6 is 0 Å². The molecule has 0 aliphatic heterocycles. The molecule has 34 heavy (non-hydrogen) atoms. The zero-order valence-electron chi connectivity index (χ0n) is 19.4. The second-order valence-corrected chi connectivity index (χ2v) is 8.86. The van der Waals surface area contributed by atoms with Gasteiger partial charge in [0.1, 0.15) is 0 Å². The van der Waals surface area contributed by atoms with Gasteiger partial charge in [-0.2, -0.15) is 0 Å². The molecule has 0 aliphatic rings. The van der Waals surface area contributed by atoms with Crippen molar-refractivity contribution in [3.63, 3.8) is 0 Å². The Morgan fingerprint density at radius 1 is 0.500 bits per heavy atom. The van der Waals surface area contributed by atoms with E-state index in [0.29, 0.717) is 0 Å². The van der Waals surface area contributed by atoms with Crippen molar-refractivity contribution in [3.05, 3.63) is 127 Å². The van der Waals surface area contributed by atoms with Crippen molar-refractivity contribution in [1.29, 1.82) is 0 Å². The van der Waals surface area contributed by atoms with Gasteiger partial charge < -0.3 is 9.47 Å². The number of rotatable bonds is 4. The van der Waals surface area contributed by atoms with Crippen molar-refractivity contribution in [2.45, 2.75) is 6.92 Å². The molecule has 0 radical (unpaired) electrons. The predicted octanol–water partition coefficient (Wildman–Crippen LogP) is 8.78. The highest BCUT2D eigenvalue weighted by molar-refractivity contribution is 6.09. The quantitative estimate of drug-likeness (QED) is 0.267. The number of benzene rings is 5. The number of hydrogen-bond acceptors (Lipinski definition) is 1. The maximum atomic E-state index is 2.32. The van der Waals surface area contributed by atoms with Gasteiger partial charge in [0.25, 0.3) is 0 Å². The van der Waals surface area contributed by atoms with Crippen molar-refractivity contribution in [2.75, 3.05) is 4.90 Å². The van der Waals surface area contributed by atoms with Gasteiger partial charge in [-0.15, -0.1) is 0 Å². The molecule has 6 rings (SSSR count). The van der Waals surface area contributed by atoms with Crippen LogP contribution in [-0.2, 0) is 7.05 Å². The van der Waals surface area contributed by atoms with E-state index in [4.69, 9.17) is 0 Å². The molecule has 0 N–H and O–H groups in total. The normalized spacial score (nSPS) is 11.2. The molecule has 0 atom stereocenters. The first-order chi connectivity index (χ1) is 16.7. The van der Waals surface area contributed by atoms with Crippen LogP contribution in [-0.4, -0.2) is 4.57 Å². The topological polar surface area (TPSA) is 8.17 Å². The van der Waals surface area contributed by atoms with Crippen LogP contribution < -0.4 is 4.90 Å². The van der Waals surface area contributed by atoms with Crippen LogP contribution in [0.5, 0.6) is 0 Å². The lowest BCUT2D eigenvalue weighted by Crippen LogP contribution is -2.09. The third kappa shape index (κ3) is 3.45. The summed E-state index contributed by atoms with van der Waals surface area (Å²) < 4.78 is 2.27. The van der Waals surface area contributed by atoms with Gasteiger partial charge in [-0.05, 0) is 72.6 Å². The Morgan fingerprint density at radius 2 is 1.06 bits per heavy atom. The van der Waals surface area contributed by atoms with Crippen molar-refractivity contribution in [1.82, 2.24) is 4.57 Å². The van der Waals surface area contributed by atoms with Crippen molar-refractivity contribution in [3.8, 4) is 11.1 Å². The fourth-order valence-electron chi connectivity index (χ4n) is 4.87. The summed E-state index contributed by atoms with van der Waals surface area (Å²) in [6.45, 7) is 2.12. The van der Waals surface area contributed by atoms with E-state index in [0.717, 1.165) is 17.1 Å². The van der Waals surface area contributed by atoms with Crippen molar-refractivity contribution < 1.29 is 0 Å². The van der Waals surface area contributed by atoms with E-state index in [-0.39, 0.29) is 0 Å². The highest BCUT2D eigenvalue weighted by Crippen LogP contribution is 2.36. The van der Waals surface area contributed by atoms with E-state index in [1.807, 2.05) is 0 Å². The minimum atomic E-state index is 1.14. The summed E-state index contributed by atoms with van der Waals surface area (Å²) in [5, 5.41) is 2.60. The molecule has 164 valence electrons. The molecule has 2 nitrogen and oxygen atoms in total. The van der Waals surface area contributed by atoms with Crippen molar-refractivity contribution in [2.24, 2.45) is 7.05 Å². The van der Waals surface area contributed by atoms with Gasteiger partial charge in [0.2, 0.25) is 0 Å². The van der Waals surface area contributed by atoms with E-state index >= 15 is 0 Å². The van der Waals surface area contributed by atoms with Gasteiger partial charge in [0.05, 0.1) is 0 Å². The summed E-state index contributed by atoms with van der Waals surface area (Å²) in [6.07, 6.45) is 0. The summed E-state index contributed by atoms with van der Waals surface area (Å²) in [7, 11) is 2.14. The van der Waals surface area contributed by atoms with Gasteiger partial charge in [-0.3, -0.25) is 0 Å². The summed E-state index contributed by atoms with van der Waals surface area (Å²) in [5.74, 6) is 0. The Labute approximate surface area is 200 Å². The molecule has 2 heteroatoms. The Balaban J connectivity index is 1.42. The predicted molar refractivity (Wildman–Crippen MR) is 145 cm³/mol. The molecule has 0 aliphatic carbocycles. The molecule has 0 saturated heterocycles. The highest BCUT2D eigenvalue weighted by Gasteiger charge is 2.13. The Kier molecular flexibility index (Phi) is 4.92. The SMILES string of the molecule is Cc1ccc(N(c2ccccc2)c2ccc(-c3ccc4c(c3)c3ccccc3n4C)cc2)cc1. The number of aromatic nitrogens is 1. The number of anilines is 3. The molecular weight excluding hydrogens is 412 g/mol. The Bertz CT molecular complexity index is 1590. The fourth-order valence-corrected chi connectivity index (χ4v) is 4.87. The van der Waals surface area contributed by atoms with Gasteiger partial charge in [0.15, 0.2) is 0 Å². The van der Waals surface area contributed by atoms with Crippen LogP contribution in [0.3, 0.4) is 0 Å². The maximum absolute atomic E-state index is 2.32. The Morgan fingerprint density at radius 3 is 1.79 bits per heavy atom. The van der Waals surface area contributed by atoms with Crippen LogP contribution in [0, 0.1) is 6.92 Å². The average Bonchev–Trinajstić information content (AvgIpc) is 3.18. The fraction of sp³-hybridized carbons (Fsp3) is 0.0625. The standard InChI is InChI=1S/C32H26N2/c1-23-12-17-27(18-13-23)34(26-8-4-3-5-9-26)28-19-14-24(15-20-28)25-16-21-32-30(22-25)29-10-6-7-11-31(29)33(32)2/h3-22H,1-2H3. The van der Waals surface area contributed by atoms with Crippen LogP contribution in [0.15, 0.2) is 121 Å². The molecule has 0 amide bonds. The van der Waals surface area contributed by atoms with Gasteiger partial charge in [-0.25, -0.2) is 0 Å². The highest BCUT2D eigenvalue weighted by atomic mass is 15.1. The molecule has 0 spiro atoms. The van der Waals surface area contributed by atoms with E-state index in [2.05, 4.69) is 145 Å². The third-order valence-corrected chi connectivity index (χ3v) is 6.68. The van der Waals surface area contributed by atoms with E-state index in [1.54, 1.807) is 0 Å². The maximum Gasteiger partial charge on any atom is 0.0489 e.